The van der Waals surface area contributed by atoms with Crippen molar-refractivity contribution in [3.05, 3.63) is 126 Å². The Balaban J connectivity index is 0.000000275. The van der Waals surface area contributed by atoms with Crippen molar-refractivity contribution in [1.29, 1.82) is 0 Å². The second-order valence-corrected chi connectivity index (χ2v) is 12.4. The molecule has 250 valence electrons. The Hall–Kier alpha value is -5.55. The molecule has 0 spiro atoms. The van der Waals surface area contributed by atoms with Crippen LogP contribution < -0.4 is 0 Å². The molecule has 0 unspecified atom stereocenters. The van der Waals surface area contributed by atoms with Gasteiger partial charge in [-0.1, -0.05) is 96.5 Å². The minimum atomic E-state index is -4.54. The first-order chi connectivity index (χ1) is 23.5. The fourth-order valence-electron chi connectivity index (χ4n) is 5.11. The number of fused-ring (bicyclic) bond motifs is 3. The summed E-state index contributed by atoms with van der Waals surface area (Å²) in [7, 11) is -4.54. The summed E-state index contributed by atoms with van der Waals surface area (Å²) in [5.41, 5.74) is 0.845. The molecule has 0 aliphatic carbocycles. The van der Waals surface area contributed by atoms with Crippen molar-refractivity contribution in [2.24, 2.45) is 20.5 Å². The maximum Gasteiger partial charge on any atom is 1.00 e. The van der Waals surface area contributed by atoms with Gasteiger partial charge in [0.25, 0.3) is 10.1 Å². The van der Waals surface area contributed by atoms with E-state index in [4.69, 9.17) is 11.6 Å². The van der Waals surface area contributed by atoms with Gasteiger partial charge in [-0.3, -0.25) is 4.55 Å². The third-order valence-corrected chi connectivity index (χ3v) is 8.57. The molecule has 0 bridgehead atoms. The van der Waals surface area contributed by atoms with Crippen LogP contribution in [0.25, 0.3) is 32.3 Å². The fraction of sp³-hybridized carbons (Fsp3) is 0. The van der Waals surface area contributed by atoms with Crippen LogP contribution in [0.5, 0.6) is 23.0 Å². The molecule has 0 saturated heterocycles. The van der Waals surface area contributed by atoms with Crippen LogP contribution in [0.3, 0.4) is 0 Å². The number of phenolic OH excluding ortho intramolecular Hbond substituents is 4. The van der Waals surface area contributed by atoms with Gasteiger partial charge < -0.3 is 20.4 Å². The summed E-state index contributed by atoms with van der Waals surface area (Å²) < 4.78 is 32.7. The summed E-state index contributed by atoms with van der Waals surface area (Å²) in [4.78, 5) is -0.424. The van der Waals surface area contributed by atoms with Crippen LogP contribution in [-0.4, -0.2) is 33.4 Å². The number of nitrogens with zero attached hydrogens (tertiary/aromatic N) is 4. The first-order valence-corrected chi connectivity index (χ1v) is 16.3. The molecule has 0 atom stereocenters. The van der Waals surface area contributed by atoms with E-state index in [2.05, 4.69) is 20.5 Å². The van der Waals surface area contributed by atoms with Gasteiger partial charge in [-0.05, 0) is 41.1 Å². The molecule has 0 fully saturated rings. The fourth-order valence-corrected chi connectivity index (χ4v) is 5.99. The van der Waals surface area contributed by atoms with Crippen LogP contribution in [0, 0.1) is 0 Å². The molecular weight excluding hydrogens is 720 g/mol. The Labute approximate surface area is 303 Å². The second kappa shape index (κ2) is 14.9. The topological polar surface area (TPSA) is 185 Å². The molecule has 7 rings (SSSR count). The zero-order valence-corrected chi connectivity index (χ0v) is 28.4. The Morgan fingerprint density at radius 1 is 0.500 bits per heavy atom. The van der Waals surface area contributed by atoms with Crippen LogP contribution in [-0.2, 0) is 27.5 Å². The number of rotatable bonds is 5. The van der Waals surface area contributed by atoms with Crippen molar-refractivity contribution in [2.45, 2.75) is 4.90 Å². The van der Waals surface area contributed by atoms with Crippen molar-refractivity contribution in [3.8, 4) is 23.0 Å². The van der Waals surface area contributed by atoms with Gasteiger partial charge in [0, 0.05) is 50.0 Å². The number of hydrogen-bond donors (Lipinski definition) is 5. The number of hydrogen-bond acceptors (Lipinski definition) is 10. The van der Waals surface area contributed by atoms with E-state index < -0.39 is 20.8 Å². The van der Waals surface area contributed by atoms with Gasteiger partial charge in [0.2, 0.25) is 0 Å². The van der Waals surface area contributed by atoms with Gasteiger partial charge >= 0.3 is 2.85 Å². The molecular formula is C36H27ClCrN4O7S+2. The summed E-state index contributed by atoms with van der Waals surface area (Å²) in [6, 6.07) is 33.2. The van der Waals surface area contributed by atoms with Crippen molar-refractivity contribution in [2.75, 3.05) is 0 Å². The van der Waals surface area contributed by atoms with E-state index in [1.807, 2.05) is 36.4 Å². The molecule has 0 aromatic heterocycles. The van der Waals surface area contributed by atoms with Gasteiger partial charge in [-0.15, -0.1) is 20.5 Å². The normalized spacial score (nSPS) is 11.6. The number of aromatic hydroxyl groups is 4. The van der Waals surface area contributed by atoms with E-state index >= 15 is 0 Å². The first-order valence-electron chi connectivity index (χ1n) is 14.5. The van der Waals surface area contributed by atoms with Crippen molar-refractivity contribution in [1.82, 2.24) is 0 Å². The van der Waals surface area contributed by atoms with Crippen molar-refractivity contribution in [3.63, 3.8) is 0 Å². The quantitative estimate of drug-likeness (QED) is 0.0856. The molecule has 7 aromatic rings. The van der Waals surface area contributed by atoms with E-state index in [1.165, 1.54) is 24.3 Å². The first kappa shape index (κ1) is 35.8. The number of benzene rings is 7. The maximum absolute atomic E-state index is 11.6. The summed E-state index contributed by atoms with van der Waals surface area (Å²) in [6.07, 6.45) is 0. The average molecular weight is 747 g/mol. The van der Waals surface area contributed by atoms with Gasteiger partial charge in [0.15, 0.2) is 0 Å². The summed E-state index contributed by atoms with van der Waals surface area (Å²) in [6.45, 7) is 0. The molecule has 7 aromatic carbocycles. The maximum atomic E-state index is 11.6. The molecule has 50 heavy (non-hydrogen) atoms. The van der Waals surface area contributed by atoms with E-state index in [9.17, 15) is 33.4 Å². The summed E-state index contributed by atoms with van der Waals surface area (Å²) in [5, 5.41) is 60.6. The molecule has 0 saturated carbocycles. The van der Waals surface area contributed by atoms with Gasteiger partial charge in [-0.25, -0.2) is 0 Å². The van der Waals surface area contributed by atoms with Gasteiger partial charge in [0.05, 0.1) is 0 Å². The molecule has 11 nitrogen and oxygen atoms in total. The number of phenols is 4. The number of azo groups is 2. The molecule has 0 aliphatic rings. The SMILES string of the molecule is O=S(=O)(O)c1cc(O)c(N=Nc2c(O)ccc3ccccc23)c2ccccc12.Oc1ccc(Cl)cc1N=Nc1c(O)ccc2ccccc12.[Cr].[H+].[H+]. The van der Waals surface area contributed by atoms with Crippen molar-refractivity contribution < 1.29 is 53.6 Å². The number of halogens is 1. The third-order valence-electron chi connectivity index (χ3n) is 7.44. The Morgan fingerprint density at radius 3 is 1.48 bits per heavy atom. The van der Waals surface area contributed by atoms with E-state index in [0.717, 1.165) is 22.2 Å². The second-order valence-electron chi connectivity index (χ2n) is 10.6. The zero-order chi connectivity index (χ0) is 34.7. The Morgan fingerprint density at radius 2 is 0.940 bits per heavy atom. The third kappa shape index (κ3) is 7.53. The van der Waals surface area contributed by atoms with E-state index in [-0.39, 0.29) is 59.9 Å². The molecule has 0 heterocycles. The largest absolute Gasteiger partial charge is 1.00 e. The van der Waals surface area contributed by atoms with Crippen LogP contribution in [0.15, 0.2) is 147 Å². The summed E-state index contributed by atoms with van der Waals surface area (Å²) >= 11 is 5.86. The smallest absolute Gasteiger partial charge is 0.506 e. The monoisotopic (exact) mass is 746 g/mol. The van der Waals surface area contributed by atoms with Crippen LogP contribution in [0.1, 0.15) is 2.85 Å². The van der Waals surface area contributed by atoms with Crippen LogP contribution in [0.2, 0.25) is 5.02 Å². The molecule has 0 aliphatic heterocycles. The molecule has 14 heteroatoms. The van der Waals surface area contributed by atoms with Crippen LogP contribution in [0.4, 0.5) is 22.7 Å². The molecule has 0 amide bonds. The molecule has 5 N–H and O–H groups in total. The van der Waals surface area contributed by atoms with Gasteiger partial charge in [-0.2, -0.15) is 8.42 Å². The Bertz CT molecular complexity index is 2580. The van der Waals surface area contributed by atoms with Crippen LogP contribution >= 0.6 is 11.6 Å². The van der Waals surface area contributed by atoms with Crippen molar-refractivity contribution >= 4 is 76.8 Å². The minimum absolute atomic E-state index is 0. The van der Waals surface area contributed by atoms with E-state index in [0.29, 0.717) is 21.5 Å². The average Bonchev–Trinajstić information content (AvgIpc) is 3.09. The standard InChI is InChI=1S/C20H14N2O5S.C16H11ClN2O2.Cr/c23-16-10-9-12-5-1-2-6-13(12)19(16)21-22-20-15-8-4-3-7-14(15)18(11-17(20)24)28(25,26)27;17-11-6-8-14(20)13(9-11)18-19-16-12-4-2-1-3-10(12)5-7-15(16)21;/h1-11,23-24H,(H,25,26,27);1-9,20-21H;/p+2. The Kier molecular flexibility index (Phi) is 10.7. The predicted octanol–water partition coefficient (Wildman–Crippen LogP) is 10.6. The predicted molar refractivity (Wildman–Crippen MR) is 190 cm³/mol. The summed E-state index contributed by atoms with van der Waals surface area (Å²) in [5.74, 6) is -0.544. The molecule has 0 radical (unpaired) electrons. The van der Waals surface area contributed by atoms with Gasteiger partial charge in [0.1, 0.15) is 50.6 Å². The zero-order valence-electron chi connectivity index (χ0n) is 27.6. The minimum Gasteiger partial charge on any atom is -0.506 e. The van der Waals surface area contributed by atoms with E-state index in [1.54, 1.807) is 54.6 Å².